The van der Waals surface area contributed by atoms with Crippen LogP contribution in [0.1, 0.15) is 16.1 Å². The van der Waals surface area contributed by atoms with E-state index in [1.165, 1.54) is 0 Å². The van der Waals surface area contributed by atoms with Crippen LogP contribution < -0.4 is 5.32 Å². The van der Waals surface area contributed by atoms with Crippen LogP contribution in [-0.4, -0.2) is 25.9 Å². The minimum atomic E-state index is -0.240. The van der Waals surface area contributed by atoms with Crippen molar-refractivity contribution in [2.75, 3.05) is 5.32 Å². The largest absolute Gasteiger partial charge is 0.321 e. The summed E-state index contributed by atoms with van der Waals surface area (Å²) in [5.74, 6) is -0.240. The highest BCUT2D eigenvalue weighted by Gasteiger charge is 2.12. The van der Waals surface area contributed by atoms with Crippen LogP contribution in [0.25, 0.3) is 10.6 Å². The van der Waals surface area contributed by atoms with E-state index in [0.717, 1.165) is 21.8 Å². The van der Waals surface area contributed by atoms with Gasteiger partial charge < -0.3 is 5.32 Å². The van der Waals surface area contributed by atoms with Gasteiger partial charge in [-0.15, -0.1) is 11.3 Å². The maximum absolute atomic E-state index is 12.4. The first-order valence-electron chi connectivity index (χ1n) is 7.75. The van der Waals surface area contributed by atoms with E-state index in [1.807, 2.05) is 58.7 Å². The Labute approximate surface area is 148 Å². The average molecular weight is 349 g/mol. The molecule has 0 spiro atoms. The minimum absolute atomic E-state index is 0.240. The summed E-state index contributed by atoms with van der Waals surface area (Å²) in [5.41, 5.74) is 2.99. The summed E-state index contributed by atoms with van der Waals surface area (Å²) in [5, 5.41) is 16.1. The molecule has 3 aromatic heterocycles. The topological polar surface area (TPSA) is 75.6 Å². The van der Waals surface area contributed by atoms with E-state index in [0.29, 0.717) is 12.2 Å². The third-order valence-corrected chi connectivity index (χ3v) is 4.59. The van der Waals surface area contributed by atoms with Gasteiger partial charge in [0.15, 0.2) is 5.69 Å². The number of amides is 1. The van der Waals surface area contributed by atoms with Crippen LogP contribution in [0, 0.1) is 0 Å². The Balaban J connectivity index is 1.47. The molecular weight excluding hydrogens is 334 g/mol. The highest BCUT2D eigenvalue weighted by Crippen LogP contribution is 2.23. The van der Waals surface area contributed by atoms with Crippen molar-refractivity contribution in [3.8, 4) is 10.6 Å². The summed E-state index contributed by atoms with van der Waals surface area (Å²) in [6.45, 7) is 0.654. The van der Waals surface area contributed by atoms with E-state index >= 15 is 0 Å². The van der Waals surface area contributed by atoms with Gasteiger partial charge in [0, 0.05) is 18.1 Å². The fourth-order valence-corrected chi connectivity index (χ4v) is 3.21. The molecule has 0 atom stereocenters. The zero-order chi connectivity index (χ0) is 17.1. The molecule has 0 aliphatic carbocycles. The fourth-order valence-electron chi connectivity index (χ4n) is 2.52. The first-order valence-corrected chi connectivity index (χ1v) is 8.63. The van der Waals surface area contributed by atoms with Crippen LogP contribution >= 0.6 is 11.3 Å². The van der Waals surface area contributed by atoms with Crippen molar-refractivity contribution in [3.63, 3.8) is 0 Å². The molecule has 0 aliphatic heterocycles. The Hall–Kier alpha value is -3.19. The Kier molecular flexibility index (Phi) is 4.14. The van der Waals surface area contributed by atoms with Gasteiger partial charge in [-0.1, -0.05) is 18.2 Å². The number of nitrogens with one attached hydrogen (secondary N) is 2. The van der Waals surface area contributed by atoms with Gasteiger partial charge in [0.25, 0.3) is 5.91 Å². The monoisotopic (exact) mass is 349 g/mol. The molecule has 1 aromatic carbocycles. The van der Waals surface area contributed by atoms with Gasteiger partial charge in [-0.3, -0.25) is 14.6 Å². The first kappa shape index (κ1) is 15.3. The summed E-state index contributed by atoms with van der Waals surface area (Å²) in [6, 6.07) is 15.3. The number of aromatic nitrogens is 4. The van der Waals surface area contributed by atoms with Crippen molar-refractivity contribution in [1.29, 1.82) is 0 Å². The lowest BCUT2D eigenvalue weighted by atomic mass is 10.2. The van der Waals surface area contributed by atoms with Crippen LogP contribution in [0.5, 0.6) is 0 Å². The molecule has 6 nitrogen and oxygen atoms in total. The smallest absolute Gasteiger partial charge is 0.276 e. The molecule has 0 fully saturated rings. The number of thiophene rings is 1. The molecule has 0 bridgehead atoms. The standard InChI is InChI=1S/C18H15N5OS/c24-18(16-11-15(21-22-16)17-6-2-9-25-17)20-14-5-1-4-13(10-14)12-23-8-3-7-19-23/h1-11H,12H2,(H,20,24)(H,21,22). The number of H-pyrrole nitrogens is 1. The van der Waals surface area contributed by atoms with Crippen LogP contribution in [0.4, 0.5) is 5.69 Å². The van der Waals surface area contributed by atoms with Crippen molar-refractivity contribution in [3.05, 3.63) is 77.6 Å². The van der Waals surface area contributed by atoms with Crippen molar-refractivity contribution < 1.29 is 4.79 Å². The first-order chi connectivity index (χ1) is 12.3. The number of anilines is 1. The zero-order valence-corrected chi connectivity index (χ0v) is 14.0. The van der Waals surface area contributed by atoms with Gasteiger partial charge in [-0.05, 0) is 41.3 Å². The van der Waals surface area contributed by atoms with E-state index in [2.05, 4.69) is 20.6 Å². The highest BCUT2D eigenvalue weighted by atomic mass is 32.1. The highest BCUT2D eigenvalue weighted by molar-refractivity contribution is 7.13. The van der Waals surface area contributed by atoms with Crippen LogP contribution in [0.15, 0.2) is 66.3 Å². The molecule has 25 heavy (non-hydrogen) atoms. The van der Waals surface area contributed by atoms with Gasteiger partial charge in [0.1, 0.15) is 0 Å². The molecular formula is C18H15N5OS. The van der Waals surface area contributed by atoms with Crippen molar-refractivity contribution >= 4 is 22.9 Å². The van der Waals surface area contributed by atoms with Gasteiger partial charge in [-0.25, -0.2) is 0 Å². The average Bonchev–Trinajstić information content (AvgIpc) is 3.37. The number of nitrogens with zero attached hydrogens (tertiary/aromatic N) is 3. The van der Waals surface area contributed by atoms with E-state index in [4.69, 9.17) is 0 Å². The molecule has 0 radical (unpaired) electrons. The van der Waals surface area contributed by atoms with E-state index < -0.39 is 0 Å². The normalized spacial score (nSPS) is 10.7. The van der Waals surface area contributed by atoms with Gasteiger partial charge in [-0.2, -0.15) is 10.2 Å². The molecule has 7 heteroatoms. The quantitative estimate of drug-likeness (QED) is 0.578. The Morgan fingerprint density at radius 3 is 2.96 bits per heavy atom. The van der Waals surface area contributed by atoms with Crippen LogP contribution in [0.3, 0.4) is 0 Å². The van der Waals surface area contributed by atoms with Crippen molar-refractivity contribution in [2.24, 2.45) is 0 Å². The van der Waals surface area contributed by atoms with Crippen molar-refractivity contribution in [1.82, 2.24) is 20.0 Å². The number of aromatic amines is 1. The molecule has 124 valence electrons. The Morgan fingerprint density at radius 1 is 1.20 bits per heavy atom. The van der Waals surface area contributed by atoms with Crippen LogP contribution in [-0.2, 0) is 6.54 Å². The Bertz CT molecular complexity index is 973. The molecule has 3 heterocycles. The predicted octanol–water partition coefficient (Wildman–Crippen LogP) is 3.64. The molecule has 0 saturated carbocycles. The molecule has 2 N–H and O–H groups in total. The summed E-state index contributed by atoms with van der Waals surface area (Å²) < 4.78 is 1.84. The number of hydrogen-bond acceptors (Lipinski definition) is 4. The fraction of sp³-hybridized carbons (Fsp3) is 0.0556. The molecule has 1 amide bonds. The number of hydrogen-bond donors (Lipinski definition) is 2. The number of carbonyl (C=O) groups is 1. The number of rotatable bonds is 5. The molecule has 4 aromatic rings. The SMILES string of the molecule is O=C(Nc1cccc(Cn2cccn2)c1)c1cc(-c2cccs2)[nH]n1. The van der Waals surface area contributed by atoms with Gasteiger partial charge in [0.05, 0.1) is 17.1 Å². The second-order valence-electron chi connectivity index (χ2n) is 5.50. The third kappa shape index (κ3) is 3.51. The predicted molar refractivity (Wildman–Crippen MR) is 97.6 cm³/mol. The molecule has 4 rings (SSSR count). The summed E-state index contributed by atoms with van der Waals surface area (Å²) in [6.07, 6.45) is 3.65. The van der Waals surface area contributed by atoms with E-state index in [1.54, 1.807) is 23.6 Å². The summed E-state index contributed by atoms with van der Waals surface area (Å²) in [7, 11) is 0. The Morgan fingerprint density at radius 2 is 2.16 bits per heavy atom. The molecule has 0 unspecified atom stereocenters. The number of benzene rings is 1. The maximum atomic E-state index is 12.4. The maximum Gasteiger partial charge on any atom is 0.276 e. The second kappa shape index (κ2) is 6.74. The van der Waals surface area contributed by atoms with Crippen LogP contribution in [0.2, 0.25) is 0 Å². The zero-order valence-electron chi connectivity index (χ0n) is 13.2. The van der Waals surface area contributed by atoms with E-state index in [9.17, 15) is 4.79 Å². The summed E-state index contributed by atoms with van der Waals surface area (Å²) in [4.78, 5) is 13.5. The van der Waals surface area contributed by atoms with E-state index in [-0.39, 0.29) is 5.91 Å². The summed E-state index contributed by atoms with van der Waals surface area (Å²) >= 11 is 1.60. The molecule has 0 saturated heterocycles. The lowest BCUT2D eigenvalue weighted by Crippen LogP contribution is -2.12. The minimum Gasteiger partial charge on any atom is -0.321 e. The van der Waals surface area contributed by atoms with Crippen molar-refractivity contribution in [2.45, 2.75) is 6.54 Å². The lowest BCUT2D eigenvalue weighted by molar-refractivity contribution is 0.102. The van der Waals surface area contributed by atoms with Gasteiger partial charge in [0.2, 0.25) is 0 Å². The number of carbonyl (C=O) groups excluding carboxylic acids is 1. The lowest BCUT2D eigenvalue weighted by Gasteiger charge is -2.06. The third-order valence-electron chi connectivity index (χ3n) is 3.69. The van der Waals surface area contributed by atoms with Gasteiger partial charge >= 0.3 is 0 Å². The molecule has 0 aliphatic rings. The second-order valence-corrected chi connectivity index (χ2v) is 6.45.